The number of rotatable bonds is 4. The van der Waals surface area contributed by atoms with E-state index in [1.165, 1.54) is 4.88 Å². The number of anilines is 1. The van der Waals surface area contributed by atoms with Gasteiger partial charge < -0.3 is 5.32 Å². The van der Waals surface area contributed by atoms with Crippen molar-refractivity contribution in [3.8, 4) is 0 Å². The molecule has 22 heavy (non-hydrogen) atoms. The summed E-state index contributed by atoms with van der Waals surface area (Å²) >= 11 is 7.73. The van der Waals surface area contributed by atoms with Crippen LogP contribution in [0.15, 0.2) is 41.8 Å². The molecule has 0 spiro atoms. The van der Waals surface area contributed by atoms with Crippen molar-refractivity contribution < 1.29 is 4.79 Å². The van der Waals surface area contributed by atoms with E-state index in [1.54, 1.807) is 23.5 Å². The fourth-order valence-electron chi connectivity index (χ4n) is 3.00. The highest BCUT2D eigenvalue weighted by molar-refractivity contribution is 7.10. The summed E-state index contributed by atoms with van der Waals surface area (Å²) in [6, 6.07) is 11.7. The molecule has 1 aromatic heterocycles. The minimum Gasteiger partial charge on any atom is -0.325 e. The van der Waals surface area contributed by atoms with Crippen molar-refractivity contribution in [2.75, 3.05) is 11.9 Å². The van der Waals surface area contributed by atoms with Crippen LogP contribution in [-0.2, 0) is 4.79 Å². The highest BCUT2D eigenvalue weighted by atomic mass is 35.5. The molecule has 0 aliphatic carbocycles. The van der Waals surface area contributed by atoms with Crippen molar-refractivity contribution in [3.05, 3.63) is 51.7 Å². The van der Waals surface area contributed by atoms with E-state index >= 15 is 0 Å². The van der Waals surface area contributed by atoms with Gasteiger partial charge in [0.2, 0.25) is 5.91 Å². The van der Waals surface area contributed by atoms with E-state index in [4.69, 9.17) is 11.6 Å². The van der Waals surface area contributed by atoms with E-state index in [-0.39, 0.29) is 11.9 Å². The zero-order valence-corrected chi connectivity index (χ0v) is 14.0. The molecule has 0 unspecified atom stereocenters. The first-order chi connectivity index (χ1) is 10.6. The predicted molar refractivity (Wildman–Crippen MR) is 92.5 cm³/mol. The smallest absolute Gasteiger partial charge is 0.241 e. The summed E-state index contributed by atoms with van der Waals surface area (Å²) in [4.78, 5) is 16.2. The molecular weight excluding hydrogens is 316 g/mol. The Morgan fingerprint density at radius 1 is 1.41 bits per heavy atom. The molecule has 3 rings (SSSR count). The normalized spacial score (nSPS) is 20.0. The van der Waals surface area contributed by atoms with Gasteiger partial charge in [0.25, 0.3) is 0 Å². The van der Waals surface area contributed by atoms with Gasteiger partial charge in [0.1, 0.15) is 0 Å². The standard InChI is InChI=1S/C17H19ClN2OS/c1-12(17(21)19-14-6-2-5-13(18)11-14)20-9-3-7-15(20)16-8-4-10-22-16/h2,4-6,8,10-12,15H,3,7,9H2,1H3,(H,19,21)/t12-,15-/m0/s1. The van der Waals surface area contributed by atoms with Gasteiger partial charge >= 0.3 is 0 Å². The average molecular weight is 335 g/mol. The minimum absolute atomic E-state index is 0.0192. The van der Waals surface area contributed by atoms with Gasteiger partial charge in [0.05, 0.1) is 6.04 Å². The van der Waals surface area contributed by atoms with Gasteiger partial charge in [-0.2, -0.15) is 0 Å². The molecule has 1 N–H and O–H groups in total. The second kappa shape index (κ2) is 6.82. The van der Waals surface area contributed by atoms with Crippen molar-refractivity contribution in [1.29, 1.82) is 0 Å². The Bertz CT molecular complexity index is 644. The first kappa shape index (κ1) is 15.5. The van der Waals surface area contributed by atoms with Crippen LogP contribution in [-0.4, -0.2) is 23.4 Å². The number of benzene rings is 1. The highest BCUT2D eigenvalue weighted by Crippen LogP contribution is 2.36. The van der Waals surface area contributed by atoms with Gasteiger partial charge in [-0.25, -0.2) is 0 Å². The third-order valence-electron chi connectivity index (χ3n) is 4.13. The SMILES string of the molecule is C[C@@H](C(=O)Nc1cccc(Cl)c1)N1CCC[C@H]1c1cccs1. The molecule has 0 radical (unpaired) electrons. The molecule has 1 fully saturated rings. The lowest BCUT2D eigenvalue weighted by Gasteiger charge is -2.29. The molecule has 2 atom stereocenters. The van der Waals surface area contributed by atoms with E-state index in [1.807, 2.05) is 19.1 Å². The number of nitrogens with one attached hydrogen (secondary N) is 1. The van der Waals surface area contributed by atoms with Gasteiger partial charge in [0, 0.05) is 21.6 Å². The molecule has 1 aromatic carbocycles. The van der Waals surface area contributed by atoms with E-state index in [2.05, 4.69) is 27.7 Å². The third-order valence-corrected chi connectivity index (χ3v) is 5.34. The number of likely N-dealkylation sites (tertiary alicyclic amines) is 1. The molecule has 1 amide bonds. The zero-order valence-electron chi connectivity index (χ0n) is 12.5. The van der Waals surface area contributed by atoms with Crippen LogP contribution in [0.4, 0.5) is 5.69 Å². The van der Waals surface area contributed by atoms with Crippen molar-refractivity contribution in [2.45, 2.75) is 31.8 Å². The largest absolute Gasteiger partial charge is 0.325 e. The summed E-state index contributed by atoms with van der Waals surface area (Å²) in [6.45, 7) is 2.94. The second-order valence-electron chi connectivity index (χ2n) is 5.59. The quantitative estimate of drug-likeness (QED) is 0.888. The maximum Gasteiger partial charge on any atom is 0.241 e. The number of thiophene rings is 1. The lowest BCUT2D eigenvalue weighted by atomic mass is 10.1. The van der Waals surface area contributed by atoms with E-state index in [0.717, 1.165) is 25.1 Å². The number of nitrogens with zero attached hydrogens (tertiary/aromatic N) is 1. The molecule has 116 valence electrons. The Hall–Kier alpha value is -1.36. The number of halogens is 1. The molecule has 5 heteroatoms. The molecule has 1 aliphatic heterocycles. The fraction of sp³-hybridized carbons (Fsp3) is 0.353. The van der Waals surface area contributed by atoms with Gasteiger partial charge in [-0.15, -0.1) is 11.3 Å². The second-order valence-corrected chi connectivity index (χ2v) is 7.00. The van der Waals surface area contributed by atoms with Crippen molar-refractivity contribution in [1.82, 2.24) is 4.90 Å². The van der Waals surface area contributed by atoms with E-state index in [0.29, 0.717) is 11.1 Å². The van der Waals surface area contributed by atoms with Crippen LogP contribution in [0.3, 0.4) is 0 Å². The van der Waals surface area contributed by atoms with Gasteiger partial charge in [-0.3, -0.25) is 9.69 Å². The molecule has 3 nitrogen and oxygen atoms in total. The average Bonchev–Trinajstić information content (AvgIpc) is 3.17. The van der Waals surface area contributed by atoms with Gasteiger partial charge in [-0.05, 0) is 56.0 Å². The van der Waals surface area contributed by atoms with Gasteiger partial charge in [0.15, 0.2) is 0 Å². The van der Waals surface area contributed by atoms with Crippen LogP contribution in [0.1, 0.15) is 30.7 Å². The number of carbonyl (C=O) groups excluding carboxylic acids is 1. The monoisotopic (exact) mass is 334 g/mol. The van der Waals surface area contributed by atoms with Crippen LogP contribution in [0.25, 0.3) is 0 Å². The number of hydrogen-bond acceptors (Lipinski definition) is 3. The molecule has 0 bridgehead atoms. The van der Waals surface area contributed by atoms with Crippen LogP contribution in [0, 0.1) is 0 Å². The third kappa shape index (κ3) is 3.35. The lowest BCUT2D eigenvalue weighted by Crippen LogP contribution is -2.41. The highest BCUT2D eigenvalue weighted by Gasteiger charge is 2.33. The molecule has 1 saturated heterocycles. The molecule has 1 aliphatic rings. The Morgan fingerprint density at radius 2 is 2.27 bits per heavy atom. The van der Waals surface area contributed by atoms with Crippen molar-refractivity contribution in [2.24, 2.45) is 0 Å². The van der Waals surface area contributed by atoms with Crippen LogP contribution in [0.5, 0.6) is 0 Å². The number of hydrogen-bond donors (Lipinski definition) is 1. The van der Waals surface area contributed by atoms with Gasteiger partial charge in [-0.1, -0.05) is 23.7 Å². The Morgan fingerprint density at radius 3 is 3.00 bits per heavy atom. The lowest BCUT2D eigenvalue weighted by molar-refractivity contribution is -0.121. The summed E-state index contributed by atoms with van der Waals surface area (Å²) < 4.78 is 0. The Balaban J connectivity index is 1.70. The first-order valence-electron chi connectivity index (χ1n) is 7.51. The number of carbonyl (C=O) groups is 1. The molecular formula is C17H19ClN2OS. The topological polar surface area (TPSA) is 32.3 Å². The fourth-order valence-corrected chi connectivity index (χ4v) is 4.07. The zero-order chi connectivity index (χ0) is 15.5. The van der Waals surface area contributed by atoms with E-state index in [9.17, 15) is 4.79 Å². The van der Waals surface area contributed by atoms with Crippen molar-refractivity contribution in [3.63, 3.8) is 0 Å². The Labute approximate surface area is 139 Å². The predicted octanol–water partition coefficient (Wildman–Crippen LogP) is 4.57. The maximum absolute atomic E-state index is 12.5. The summed E-state index contributed by atoms with van der Waals surface area (Å²) in [6.07, 6.45) is 2.26. The summed E-state index contributed by atoms with van der Waals surface area (Å²) in [7, 11) is 0. The summed E-state index contributed by atoms with van der Waals surface area (Å²) in [5.74, 6) is 0.0192. The number of amides is 1. The molecule has 2 heterocycles. The summed E-state index contributed by atoms with van der Waals surface area (Å²) in [5.41, 5.74) is 0.747. The van der Waals surface area contributed by atoms with E-state index < -0.39 is 0 Å². The summed E-state index contributed by atoms with van der Waals surface area (Å²) in [5, 5.41) is 5.69. The molecule has 2 aromatic rings. The maximum atomic E-state index is 12.5. The van der Waals surface area contributed by atoms with Crippen LogP contribution in [0.2, 0.25) is 5.02 Å². The molecule has 0 saturated carbocycles. The van der Waals surface area contributed by atoms with Crippen LogP contribution < -0.4 is 5.32 Å². The first-order valence-corrected chi connectivity index (χ1v) is 8.76. The van der Waals surface area contributed by atoms with Crippen molar-refractivity contribution >= 4 is 34.5 Å². The Kier molecular flexibility index (Phi) is 4.81. The minimum atomic E-state index is -0.159. The van der Waals surface area contributed by atoms with Crippen LogP contribution >= 0.6 is 22.9 Å².